The fourth-order valence-electron chi connectivity index (χ4n) is 1.68. The highest BCUT2D eigenvalue weighted by atomic mass is 16.5. The lowest BCUT2D eigenvalue weighted by Gasteiger charge is -2.14. The summed E-state index contributed by atoms with van der Waals surface area (Å²) in [5.74, 6) is 0. The van der Waals surface area contributed by atoms with Crippen LogP contribution in [0.1, 0.15) is 24.1 Å². The van der Waals surface area contributed by atoms with Crippen LogP contribution in [0.15, 0.2) is 54.9 Å². The van der Waals surface area contributed by atoms with Gasteiger partial charge in [0.15, 0.2) is 0 Å². The summed E-state index contributed by atoms with van der Waals surface area (Å²) in [6, 6.07) is 13.3. The van der Waals surface area contributed by atoms with Gasteiger partial charge >= 0.3 is 6.09 Å². The molecule has 0 saturated heterocycles. The number of hydrogen-bond donors (Lipinski definition) is 1. The predicted molar refractivity (Wildman–Crippen MR) is 72.4 cm³/mol. The number of amides is 1. The van der Waals surface area contributed by atoms with E-state index in [-0.39, 0.29) is 12.6 Å². The molecule has 0 fully saturated rings. The SMILES string of the molecule is C[C@@H](NC(=O)OCc1cccnc1)c1ccccc1. The number of ether oxygens (including phenoxy) is 1. The van der Waals surface area contributed by atoms with E-state index < -0.39 is 6.09 Å². The molecule has 1 amide bonds. The fourth-order valence-corrected chi connectivity index (χ4v) is 1.68. The molecule has 0 bridgehead atoms. The molecule has 98 valence electrons. The first kappa shape index (κ1) is 13.1. The Bertz CT molecular complexity index is 514. The van der Waals surface area contributed by atoms with Crippen molar-refractivity contribution in [3.63, 3.8) is 0 Å². The minimum Gasteiger partial charge on any atom is -0.445 e. The molecule has 1 atom stereocenters. The van der Waals surface area contributed by atoms with Gasteiger partial charge in [-0.2, -0.15) is 0 Å². The first-order valence-corrected chi connectivity index (χ1v) is 6.13. The molecule has 0 radical (unpaired) electrons. The number of carbonyl (C=O) groups excluding carboxylic acids is 1. The van der Waals surface area contributed by atoms with Gasteiger partial charge in [-0.25, -0.2) is 4.79 Å². The molecule has 0 unspecified atom stereocenters. The third-order valence-corrected chi connectivity index (χ3v) is 2.73. The zero-order valence-corrected chi connectivity index (χ0v) is 10.7. The fraction of sp³-hybridized carbons (Fsp3) is 0.200. The van der Waals surface area contributed by atoms with Crippen LogP contribution in [0.2, 0.25) is 0 Å². The lowest BCUT2D eigenvalue weighted by Crippen LogP contribution is -2.27. The molecule has 0 spiro atoms. The summed E-state index contributed by atoms with van der Waals surface area (Å²) in [6.45, 7) is 2.14. The number of nitrogens with one attached hydrogen (secondary N) is 1. The zero-order chi connectivity index (χ0) is 13.5. The van der Waals surface area contributed by atoms with Crippen molar-refractivity contribution in [2.24, 2.45) is 0 Å². The summed E-state index contributed by atoms with van der Waals surface area (Å²) in [4.78, 5) is 15.6. The van der Waals surface area contributed by atoms with Crippen LogP contribution >= 0.6 is 0 Å². The van der Waals surface area contributed by atoms with Gasteiger partial charge in [-0.15, -0.1) is 0 Å². The molecule has 1 N–H and O–H groups in total. The van der Waals surface area contributed by atoms with Crippen molar-refractivity contribution in [1.82, 2.24) is 10.3 Å². The molecule has 0 aliphatic carbocycles. The van der Waals surface area contributed by atoms with Crippen molar-refractivity contribution >= 4 is 6.09 Å². The summed E-state index contributed by atoms with van der Waals surface area (Å²) in [5.41, 5.74) is 1.91. The van der Waals surface area contributed by atoms with Gasteiger partial charge in [0, 0.05) is 18.0 Å². The van der Waals surface area contributed by atoms with Crippen molar-refractivity contribution in [2.45, 2.75) is 19.6 Å². The zero-order valence-electron chi connectivity index (χ0n) is 10.7. The summed E-state index contributed by atoms with van der Waals surface area (Å²) < 4.78 is 5.13. The number of carbonyl (C=O) groups is 1. The number of alkyl carbamates (subject to hydrolysis) is 1. The number of pyridine rings is 1. The quantitative estimate of drug-likeness (QED) is 0.914. The Labute approximate surface area is 112 Å². The Morgan fingerprint density at radius 3 is 2.74 bits per heavy atom. The Balaban J connectivity index is 1.82. The number of benzene rings is 1. The lowest BCUT2D eigenvalue weighted by atomic mass is 10.1. The standard InChI is InChI=1S/C15H16N2O2/c1-12(14-7-3-2-4-8-14)17-15(18)19-11-13-6-5-9-16-10-13/h2-10,12H,11H2,1H3,(H,17,18)/t12-/m1/s1. The molecule has 19 heavy (non-hydrogen) atoms. The summed E-state index contributed by atoms with van der Waals surface area (Å²) in [5, 5.41) is 2.78. The van der Waals surface area contributed by atoms with E-state index in [1.807, 2.05) is 49.4 Å². The van der Waals surface area contributed by atoms with Crippen LogP contribution in [0, 0.1) is 0 Å². The molecule has 4 heteroatoms. The van der Waals surface area contributed by atoms with Crippen LogP contribution in [0.25, 0.3) is 0 Å². The van der Waals surface area contributed by atoms with Crippen molar-refractivity contribution in [3.8, 4) is 0 Å². The Morgan fingerprint density at radius 1 is 1.26 bits per heavy atom. The molecule has 2 aromatic rings. The molecule has 4 nitrogen and oxygen atoms in total. The summed E-state index contributed by atoms with van der Waals surface area (Å²) in [7, 11) is 0. The molecule has 0 aliphatic rings. The predicted octanol–water partition coefficient (Wildman–Crippen LogP) is 3.07. The normalized spacial score (nSPS) is 11.6. The Morgan fingerprint density at radius 2 is 2.05 bits per heavy atom. The van der Waals surface area contributed by atoms with Crippen LogP contribution in [-0.4, -0.2) is 11.1 Å². The van der Waals surface area contributed by atoms with Crippen molar-refractivity contribution in [1.29, 1.82) is 0 Å². The topological polar surface area (TPSA) is 51.2 Å². The van der Waals surface area contributed by atoms with E-state index in [1.165, 1.54) is 0 Å². The second kappa shape index (κ2) is 6.54. The van der Waals surface area contributed by atoms with Crippen molar-refractivity contribution < 1.29 is 9.53 Å². The number of hydrogen-bond acceptors (Lipinski definition) is 3. The Hall–Kier alpha value is -2.36. The van der Waals surface area contributed by atoms with E-state index >= 15 is 0 Å². The van der Waals surface area contributed by atoms with Crippen LogP contribution < -0.4 is 5.32 Å². The van der Waals surface area contributed by atoms with Crippen molar-refractivity contribution in [3.05, 3.63) is 66.0 Å². The maximum Gasteiger partial charge on any atom is 0.407 e. The Kier molecular flexibility index (Phi) is 4.50. The van der Waals surface area contributed by atoms with Gasteiger partial charge in [0.05, 0.1) is 6.04 Å². The highest BCUT2D eigenvalue weighted by Crippen LogP contribution is 2.11. The monoisotopic (exact) mass is 256 g/mol. The highest BCUT2D eigenvalue weighted by Gasteiger charge is 2.09. The molecule has 0 aliphatic heterocycles. The van der Waals surface area contributed by atoms with E-state index in [0.29, 0.717) is 0 Å². The minimum absolute atomic E-state index is 0.0809. The second-order valence-corrected chi connectivity index (χ2v) is 4.21. The van der Waals surface area contributed by atoms with Gasteiger partial charge in [0.1, 0.15) is 6.61 Å². The maximum absolute atomic E-state index is 11.6. The van der Waals surface area contributed by atoms with Gasteiger partial charge in [0.2, 0.25) is 0 Å². The summed E-state index contributed by atoms with van der Waals surface area (Å²) >= 11 is 0. The molecule has 1 aromatic heterocycles. The first-order chi connectivity index (χ1) is 9.25. The van der Waals surface area contributed by atoms with Crippen LogP contribution in [0.3, 0.4) is 0 Å². The van der Waals surface area contributed by atoms with E-state index in [9.17, 15) is 4.79 Å². The second-order valence-electron chi connectivity index (χ2n) is 4.21. The molecule has 0 saturated carbocycles. The van der Waals surface area contributed by atoms with E-state index in [4.69, 9.17) is 4.74 Å². The molecular formula is C15H16N2O2. The van der Waals surface area contributed by atoms with E-state index in [2.05, 4.69) is 10.3 Å². The maximum atomic E-state index is 11.6. The van der Waals surface area contributed by atoms with Crippen LogP contribution in [0.5, 0.6) is 0 Å². The molecular weight excluding hydrogens is 240 g/mol. The van der Waals surface area contributed by atoms with Gasteiger partial charge < -0.3 is 10.1 Å². The molecule has 2 rings (SSSR count). The molecule has 1 heterocycles. The first-order valence-electron chi connectivity index (χ1n) is 6.13. The third-order valence-electron chi connectivity index (χ3n) is 2.73. The van der Waals surface area contributed by atoms with Crippen LogP contribution in [-0.2, 0) is 11.3 Å². The average molecular weight is 256 g/mol. The van der Waals surface area contributed by atoms with Gasteiger partial charge in [0.25, 0.3) is 0 Å². The minimum atomic E-state index is -0.430. The number of aromatic nitrogens is 1. The van der Waals surface area contributed by atoms with E-state index in [1.54, 1.807) is 12.4 Å². The summed E-state index contributed by atoms with van der Waals surface area (Å²) in [6.07, 6.45) is 2.93. The number of rotatable bonds is 4. The van der Waals surface area contributed by atoms with E-state index in [0.717, 1.165) is 11.1 Å². The largest absolute Gasteiger partial charge is 0.445 e. The van der Waals surface area contributed by atoms with Gasteiger partial charge in [-0.3, -0.25) is 4.98 Å². The van der Waals surface area contributed by atoms with Gasteiger partial charge in [-0.05, 0) is 18.6 Å². The highest BCUT2D eigenvalue weighted by molar-refractivity contribution is 5.67. The number of nitrogens with zero attached hydrogens (tertiary/aromatic N) is 1. The van der Waals surface area contributed by atoms with Crippen molar-refractivity contribution in [2.75, 3.05) is 0 Å². The lowest BCUT2D eigenvalue weighted by molar-refractivity contribution is 0.136. The van der Waals surface area contributed by atoms with Crippen LogP contribution in [0.4, 0.5) is 4.79 Å². The third kappa shape index (κ3) is 4.10. The molecule has 1 aromatic carbocycles. The smallest absolute Gasteiger partial charge is 0.407 e. The van der Waals surface area contributed by atoms with Gasteiger partial charge in [-0.1, -0.05) is 36.4 Å². The average Bonchev–Trinajstić information content (AvgIpc) is 2.47.